The van der Waals surface area contributed by atoms with Crippen LogP contribution in [-0.2, 0) is 11.2 Å². The van der Waals surface area contributed by atoms with Gasteiger partial charge in [-0.1, -0.05) is 22.9 Å². The minimum Gasteiger partial charge on any atom is -0.497 e. The van der Waals surface area contributed by atoms with Crippen LogP contribution in [0.1, 0.15) is 31.7 Å². The van der Waals surface area contributed by atoms with Crippen molar-refractivity contribution in [3.05, 3.63) is 28.2 Å². The molecule has 2 rings (SSSR count). The van der Waals surface area contributed by atoms with Crippen LogP contribution < -0.4 is 10.1 Å². The van der Waals surface area contributed by atoms with Crippen LogP contribution in [0, 0.1) is 5.92 Å². The van der Waals surface area contributed by atoms with Gasteiger partial charge in [0.1, 0.15) is 5.75 Å². The SMILES string of the molecule is CCCNC(Cc1cc(OC)ccc1Br)C(OC)C1CC1. The third-order valence-electron chi connectivity index (χ3n) is 4.10. The summed E-state index contributed by atoms with van der Waals surface area (Å²) < 4.78 is 12.3. The molecule has 0 heterocycles. The van der Waals surface area contributed by atoms with Crippen LogP contribution in [-0.4, -0.2) is 32.9 Å². The normalized spacial score (nSPS) is 17.5. The van der Waals surface area contributed by atoms with Crippen LogP contribution in [0.4, 0.5) is 0 Å². The van der Waals surface area contributed by atoms with Gasteiger partial charge >= 0.3 is 0 Å². The fraction of sp³-hybridized carbons (Fsp3) is 0.647. The fourth-order valence-electron chi connectivity index (χ4n) is 2.82. The summed E-state index contributed by atoms with van der Waals surface area (Å²) in [5, 5.41) is 3.67. The first-order chi connectivity index (χ1) is 10.2. The van der Waals surface area contributed by atoms with E-state index in [0.717, 1.165) is 29.6 Å². The summed E-state index contributed by atoms with van der Waals surface area (Å²) in [5.41, 5.74) is 1.27. The zero-order valence-electron chi connectivity index (χ0n) is 13.2. The molecule has 2 atom stereocenters. The van der Waals surface area contributed by atoms with E-state index in [1.54, 1.807) is 7.11 Å². The number of nitrogens with one attached hydrogen (secondary N) is 1. The average molecular weight is 356 g/mol. The number of methoxy groups -OCH3 is 2. The number of halogens is 1. The minimum absolute atomic E-state index is 0.301. The summed E-state index contributed by atoms with van der Waals surface area (Å²) in [6.07, 6.45) is 4.98. The van der Waals surface area contributed by atoms with E-state index >= 15 is 0 Å². The van der Waals surface area contributed by atoms with E-state index in [2.05, 4.69) is 40.3 Å². The lowest BCUT2D eigenvalue weighted by Crippen LogP contribution is -2.44. The van der Waals surface area contributed by atoms with Crippen LogP contribution in [0.3, 0.4) is 0 Å². The first-order valence-electron chi connectivity index (χ1n) is 7.78. The Morgan fingerprint density at radius 3 is 2.67 bits per heavy atom. The molecule has 0 spiro atoms. The van der Waals surface area contributed by atoms with E-state index in [4.69, 9.17) is 9.47 Å². The second-order valence-electron chi connectivity index (χ2n) is 5.76. The van der Waals surface area contributed by atoms with E-state index in [9.17, 15) is 0 Å². The molecule has 0 saturated heterocycles. The highest BCUT2D eigenvalue weighted by molar-refractivity contribution is 9.10. The van der Waals surface area contributed by atoms with E-state index in [1.165, 1.54) is 18.4 Å². The van der Waals surface area contributed by atoms with Crippen LogP contribution in [0.25, 0.3) is 0 Å². The quantitative estimate of drug-likeness (QED) is 0.730. The standard InChI is InChI=1S/C17H26BrNO2/c1-4-9-19-16(17(21-3)12-5-6-12)11-13-10-14(20-2)7-8-15(13)18/h7-8,10,12,16-17,19H,4-6,9,11H2,1-3H3. The predicted molar refractivity (Wildman–Crippen MR) is 90.0 cm³/mol. The predicted octanol–water partition coefficient (Wildman–Crippen LogP) is 3.79. The Bertz CT molecular complexity index is 448. The van der Waals surface area contributed by atoms with Crippen molar-refractivity contribution in [3.63, 3.8) is 0 Å². The first kappa shape index (κ1) is 16.8. The summed E-state index contributed by atoms with van der Waals surface area (Å²) in [5.74, 6) is 1.62. The molecule has 0 amide bonds. The third-order valence-corrected chi connectivity index (χ3v) is 4.88. The van der Waals surface area contributed by atoms with E-state index in [-0.39, 0.29) is 0 Å². The van der Waals surface area contributed by atoms with Gasteiger partial charge in [0.15, 0.2) is 0 Å². The number of rotatable bonds is 9. The Balaban J connectivity index is 2.13. The van der Waals surface area contributed by atoms with Crippen molar-refractivity contribution in [2.24, 2.45) is 5.92 Å². The second kappa shape index (κ2) is 8.16. The van der Waals surface area contributed by atoms with Gasteiger partial charge in [-0.25, -0.2) is 0 Å². The number of hydrogen-bond acceptors (Lipinski definition) is 3. The molecule has 2 unspecified atom stereocenters. The van der Waals surface area contributed by atoms with Crippen molar-refractivity contribution in [1.29, 1.82) is 0 Å². The van der Waals surface area contributed by atoms with Gasteiger partial charge in [-0.2, -0.15) is 0 Å². The molecule has 3 nitrogen and oxygen atoms in total. The molecule has 1 aliphatic carbocycles. The molecular weight excluding hydrogens is 330 g/mol. The zero-order chi connectivity index (χ0) is 15.2. The lowest BCUT2D eigenvalue weighted by molar-refractivity contribution is 0.0510. The van der Waals surface area contributed by atoms with Crippen molar-refractivity contribution in [1.82, 2.24) is 5.32 Å². The van der Waals surface area contributed by atoms with Crippen LogP contribution >= 0.6 is 15.9 Å². The zero-order valence-corrected chi connectivity index (χ0v) is 14.8. The van der Waals surface area contributed by atoms with Crippen LogP contribution in [0.15, 0.2) is 22.7 Å². The smallest absolute Gasteiger partial charge is 0.119 e. The van der Waals surface area contributed by atoms with Crippen molar-refractivity contribution in [2.75, 3.05) is 20.8 Å². The number of ether oxygens (including phenoxy) is 2. The van der Waals surface area contributed by atoms with Gasteiger partial charge in [0.2, 0.25) is 0 Å². The summed E-state index contributed by atoms with van der Waals surface area (Å²) in [6, 6.07) is 6.51. The molecule has 1 aliphatic rings. The van der Waals surface area contributed by atoms with Gasteiger partial charge in [-0.15, -0.1) is 0 Å². The van der Waals surface area contributed by atoms with Gasteiger partial charge in [-0.05, 0) is 61.9 Å². The monoisotopic (exact) mass is 355 g/mol. The Kier molecular flexibility index (Phi) is 6.52. The van der Waals surface area contributed by atoms with Gasteiger partial charge in [0.05, 0.1) is 13.2 Å². The van der Waals surface area contributed by atoms with Crippen molar-refractivity contribution >= 4 is 15.9 Å². The Morgan fingerprint density at radius 1 is 1.33 bits per heavy atom. The maximum atomic E-state index is 5.79. The summed E-state index contributed by atoms with van der Waals surface area (Å²) in [4.78, 5) is 0. The fourth-order valence-corrected chi connectivity index (χ4v) is 3.22. The largest absolute Gasteiger partial charge is 0.497 e. The molecule has 1 fully saturated rings. The van der Waals surface area contributed by atoms with Crippen LogP contribution in [0.2, 0.25) is 0 Å². The Labute approximate surface area is 136 Å². The highest BCUT2D eigenvalue weighted by atomic mass is 79.9. The van der Waals surface area contributed by atoms with Gasteiger partial charge in [0, 0.05) is 17.6 Å². The second-order valence-corrected chi connectivity index (χ2v) is 6.61. The van der Waals surface area contributed by atoms with E-state index in [1.807, 2.05) is 13.2 Å². The highest BCUT2D eigenvalue weighted by Gasteiger charge is 2.36. The topological polar surface area (TPSA) is 30.5 Å². The molecule has 118 valence electrons. The molecule has 0 aliphatic heterocycles. The average Bonchev–Trinajstić information content (AvgIpc) is 3.32. The number of hydrogen-bond donors (Lipinski definition) is 1. The Hall–Kier alpha value is -0.580. The van der Waals surface area contributed by atoms with Gasteiger partial charge in [-0.3, -0.25) is 0 Å². The van der Waals surface area contributed by atoms with Crippen molar-refractivity contribution in [3.8, 4) is 5.75 Å². The molecule has 4 heteroatoms. The maximum absolute atomic E-state index is 5.79. The molecular formula is C17H26BrNO2. The Morgan fingerprint density at radius 2 is 2.10 bits per heavy atom. The highest BCUT2D eigenvalue weighted by Crippen LogP contribution is 2.37. The third kappa shape index (κ3) is 4.70. The molecule has 1 aromatic carbocycles. The molecule has 1 aromatic rings. The molecule has 0 bridgehead atoms. The summed E-state index contributed by atoms with van der Waals surface area (Å²) >= 11 is 3.66. The first-order valence-corrected chi connectivity index (χ1v) is 8.57. The minimum atomic E-state index is 0.301. The van der Waals surface area contributed by atoms with E-state index in [0.29, 0.717) is 18.1 Å². The van der Waals surface area contributed by atoms with Gasteiger partial charge in [0.25, 0.3) is 0 Å². The molecule has 0 radical (unpaired) electrons. The number of benzene rings is 1. The summed E-state index contributed by atoms with van der Waals surface area (Å²) in [7, 11) is 3.55. The maximum Gasteiger partial charge on any atom is 0.119 e. The molecule has 1 N–H and O–H groups in total. The van der Waals surface area contributed by atoms with Crippen LogP contribution in [0.5, 0.6) is 5.75 Å². The lowest BCUT2D eigenvalue weighted by atomic mass is 9.97. The van der Waals surface area contributed by atoms with Crippen molar-refractivity contribution < 1.29 is 9.47 Å². The van der Waals surface area contributed by atoms with Crippen molar-refractivity contribution in [2.45, 2.75) is 44.8 Å². The molecule has 21 heavy (non-hydrogen) atoms. The van der Waals surface area contributed by atoms with Gasteiger partial charge < -0.3 is 14.8 Å². The lowest BCUT2D eigenvalue weighted by Gasteiger charge is -2.28. The van der Waals surface area contributed by atoms with E-state index < -0.39 is 0 Å². The summed E-state index contributed by atoms with van der Waals surface area (Å²) in [6.45, 7) is 3.23. The molecule has 0 aromatic heterocycles. The molecule has 1 saturated carbocycles.